The monoisotopic (exact) mass is 223 g/mol. The van der Waals surface area contributed by atoms with Gasteiger partial charge in [-0.3, -0.25) is 0 Å². The zero-order valence-electron chi connectivity index (χ0n) is 8.20. The third-order valence-corrected chi connectivity index (χ3v) is 2.83. The lowest BCUT2D eigenvalue weighted by Crippen LogP contribution is -1.98. The molecule has 0 saturated heterocycles. The second-order valence-electron chi connectivity index (χ2n) is 3.23. The van der Waals surface area contributed by atoms with E-state index in [-0.39, 0.29) is 5.56 Å². The maximum absolute atomic E-state index is 11.1. The van der Waals surface area contributed by atoms with E-state index < -0.39 is 5.97 Å². The van der Waals surface area contributed by atoms with Crippen LogP contribution in [0.5, 0.6) is 0 Å². The first-order chi connectivity index (χ1) is 7.16. The Morgan fingerprint density at radius 1 is 1.47 bits per heavy atom. The number of halogens is 1. The molecule has 0 fully saturated rings. The molecule has 1 aromatic carbocycles. The van der Waals surface area contributed by atoms with E-state index in [2.05, 4.69) is 0 Å². The molecule has 0 bridgehead atoms. The smallest absolute Gasteiger partial charge is 0.339 e. The van der Waals surface area contributed by atoms with Gasteiger partial charge in [0.1, 0.15) is 10.7 Å². The molecule has 0 radical (unpaired) electrons. The molecule has 0 saturated carbocycles. The SMILES string of the molecule is CCn1c(Cl)c(C(=O)O)c2ccccc21. The van der Waals surface area contributed by atoms with Gasteiger partial charge in [0.05, 0.1) is 5.52 Å². The molecule has 0 amide bonds. The number of rotatable bonds is 2. The van der Waals surface area contributed by atoms with E-state index >= 15 is 0 Å². The zero-order valence-corrected chi connectivity index (χ0v) is 8.95. The summed E-state index contributed by atoms with van der Waals surface area (Å²) in [5, 5.41) is 10.1. The first-order valence-electron chi connectivity index (χ1n) is 4.66. The van der Waals surface area contributed by atoms with E-state index in [0.29, 0.717) is 17.1 Å². The minimum atomic E-state index is -0.983. The van der Waals surface area contributed by atoms with Crippen molar-refractivity contribution in [3.63, 3.8) is 0 Å². The van der Waals surface area contributed by atoms with Gasteiger partial charge in [-0.15, -0.1) is 0 Å². The van der Waals surface area contributed by atoms with Crippen LogP contribution in [0, 0.1) is 0 Å². The molecular formula is C11H10ClNO2. The van der Waals surface area contributed by atoms with Crippen LogP contribution in [-0.4, -0.2) is 15.6 Å². The predicted molar refractivity (Wildman–Crippen MR) is 59.6 cm³/mol. The number of hydrogen-bond donors (Lipinski definition) is 1. The van der Waals surface area contributed by atoms with E-state index in [1.54, 1.807) is 10.6 Å². The number of carboxylic acid groups (broad SMARTS) is 1. The third-order valence-electron chi connectivity index (χ3n) is 2.44. The molecule has 1 N–H and O–H groups in total. The molecule has 0 atom stereocenters. The summed E-state index contributed by atoms with van der Waals surface area (Å²) in [6, 6.07) is 7.33. The van der Waals surface area contributed by atoms with Crippen LogP contribution in [-0.2, 0) is 6.54 Å². The summed E-state index contributed by atoms with van der Waals surface area (Å²) in [4.78, 5) is 11.1. The molecule has 2 rings (SSSR count). The Labute approximate surface area is 91.9 Å². The lowest BCUT2D eigenvalue weighted by molar-refractivity contribution is 0.0699. The van der Waals surface area contributed by atoms with Crippen LogP contribution in [0.15, 0.2) is 24.3 Å². The largest absolute Gasteiger partial charge is 0.478 e. The van der Waals surface area contributed by atoms with Crippen LogP contribution in [0.4, 0.5) is 0 Å². The van der Waals surface area contributed by atoms with Crippen LogP contribution >= 0.6 is 11.6 Å². The highest BCUT2D eigenvalue weighted by atomic mass is 35.5. The van der Waals surface area contributed by atoms with E-state index in [9.17, 15) is 4.79 Å². The first kappa shape index (κ1) is 10.1. The van der Waals surface area contributed by atoms with Gasteiger partial charge in [0.15, 0.2) is 0 Å². The number of aromatic nitrogens is 1. The van der Waals surface area contributed by atoms with Gasteiger partial charge in [-0.25, -0.2) is 4.79 Å². The number of para-hydroxylation sites is 1. The van der Waals surface area contributed by atoms with E-state index in [4.69, 9.17) is 16.7 Å². The molecule has 78 valence electrons. The Morgan fingerprint density at radius 2 is 2.13 bits per heavy atom. The lowest BCUT2D eigenvalue weighted by atomic mass is 10.2. The van der Waals surface area contributed by atoms with Gasteiger partial charge in [-0.05, 0) is 13.0 Å². The second-order valence-corrected chi connectivity index (χ2v) is 3.59. The Hall–Kier alpha value is -1.48. The fraction of sp³-hybridized carbons (Fsp3) is 0.182. The highest BCUT2D eigenvalue weighted by Crippen LogP contribution is 2.29. The number of nitrogens with zero attached hydrogens (tertiary/aromatic N) is 1. The number of fused-ring (bicyclic) bond motifs is 1. The van der Waals surface area contributed by atoms with Crippen LogP contribution in [0.2, 0.25) is 5.15 Å². The number of carbonyl (C=O) groups is 1. The van der Waals surface area contributed by atoms with Gasteiger partial charge < -0.3 is 9.67 Å². The fourth-order valence-electron chi connectivity index (χ4n) is 1.78. The molecular weight excluding hydrogens is 214 g/mol. The fourth-order valence-corrected chi connectivity index (χ4v) is 2.18. The van der Waals surface area contributed by atoms with Gasteiger partial charge in [0.25, 0.3) is 0 Å². The van der Waals surface area contributed by atoms with Crippen molar-refractivity contribution in [1.82, 2.24) is 4.57 Å². The topological polar surface area (TPSA) is 42.2 Å². The molecule has 15 heavy (non-hydrogen) atoms. The van der Waals surface area contributed by atoms with Gasteiger partial charge in [-0.1, -0.05) is 29.8 Å². The molecule has 0 aliphatic carbocycles. The van der Waals surface area contributed by atoms with Crippen LogP contribution in [0.1, 0.15) is 17.3 Å². The minimum Gasteiger partial charge on any atom is -0.478 e. The van der Waals surface area contributed by atoms with Gasteiger partial charge in [0, 0.05) is 11.9 Å². The van der Waals surface area contributed by atoms with E-state index in [1.165, 1.54) is 0 Å². The van der Waals surface area contributed by atoms with Gasteiger partial charge in [-0.2, -0.15) is 0 Å². The highest BCUT2D eigenvalue weighted by molar-refractivity contribution is 6.35. The molecule has 0 spiro atoms. The summed E-state index contributed by atoms with van der Waals surface area (Å²) < 4.78 is 1.79. The van der Waals surface area contributed by atoms with Crippen molar-refractivity contribution < 1.29 is 9.90 Å². The van der Waals surface area contributed by atoms with Crippen LogP contribution < -0.4 is 0 Å². The molecule has 0 aliphatic heterocycles. The van der Waals surface area contributed by atoms with Crippen LogP contribution in [0.25, 0.3) is 10.9 Å². The summed E-state index contributed by atoms with van der Waals surface area (Å²) in [7, 11) is 0. The van der Waals surface area contributed by atoms with Crippen LogP contribution in [0.3, 0.4) is 0 Å². The molecule has 1 aromatic heterocycles. The molecule has 2 aromatic rings. The summed E-state index contributed by atoms with van der Waals surface area (Å²) in [5.74, 6) is -0.983. The highest BCUT2D eigenvalue weighted by Gasteiger charge is 2.19. The standard InChI is InChI=1S/C11H10ClNO2/c1-2-13-8-6-4-3-5-7(8)9(10(13)12)11(14)15/h3-6H,2H2,1H3,(H,14,15). The van der Waals surface area contributed by atoms with E-state index in [0.717, 1.165) is 5.52 Å². The summed E-state index contributed by atoms with van der Waals surface area (Å²) in [6.45, 7) is 2.59. The predicted octanol–water partition coefficient (Wildman–Crippen LogP) is 3.01. The average Bonchev–Trinajstić information content (AvgIpc) is 2.49. The number of aryl methyl sites for hydroxylation is 1. The average molecular weight is 224 g/mol. The zero-order chi connectivity index (χ0) is 11.0. The normalized spacial score (nSPS) is 10.8. The summed E-state index contributed by atoms with van der Waals surface area (Å²) in [5.41, 5.74) is 1.05. The molecule has 0 unspecified atom stereocenters. The number of hydrogen-bond acceptors (Lipinski definition) is 1. The maximum atomic E-state index is 11.1. The van der Waals surface area contributed by atoms with E-state index in [1.807, 2.05) is 25.1 Å². The number of benzene rings is 1. The van der Waals surface area contributed by atoms with Crippen molar-refractivity contribution in [3.8, 4) is 0 Å². The number of aromatic carboxylic acids is 1. The molecule has 4 heteroatoms. The van der Waals surface area contributed by atoms with Gasteiger partial charge >= 0.3 is 5.97 Å². The minimum absolute atomic E-state index is 0.189. The molecule has 0 aliphatic rings. The van der Waals surface area contributed by atoms with Crippen molar-refractivity contribution in [2.24, 2.45) is 0 Å². The Bertz CT molecular complexity index is 531. The number of carboxylic acids is 1. The van der Waals surface area contributed by atoms with Crippen molar-refractivity contribution in [1.29, 1.82) is 0 Å². The molecule has 3 nitrogen and oxygen atoms in total. The van der Waals surface area contributed by atoms with Gasteiger partial charge in [0.2, 0.25) is 0 Å². The second kappa shape index (κ2) is 3.59. The third kappa shape index (κ3) is 1.39. The Balaban J connectivity index is 2.91. The van der Waals surface area contributed by atoms with Crippen molar-refractivity contribution in [2.45, 2.75) is 13.5 Å². The lowest BCUT2D eigenvalue weighted by Gasteiger charge is -2.01. The maximum Gasteiger partial charge on any atom is 0.339 e. The Kier molecular flexibility index (Phi) is 2.40. The quantitative estimate of drug-likeness (QED) is 0.851. The van der Waals surface area contributed by atoms with Crippen molar-refractivity contribution >= 4 is 28.5 Å². The summed E-state index contributed by atoms with van der Waals surface area (Å²) >= 11 is 6.03. The van der Waals surface area contributed by atoms with Crippen molar-refractivity contribution in [3.05, 3.63) is 35.0 Å². The first-order valence-corrected chi connectivity index (χ1v) is 5.04. The summed E-state index contributed by atoms with van der Waals surface area (Å²) in [6.07, 6.45) is 0. The molecule has 1 heterocycles. The van der Waals surface area contributed by atoms with Crippen molar-refractivity contribution in [2.75, 3.05) is 0 Å². The Morgan fingerprint density at radius 3 is 2.73 bits per heavy atom.